The van der Waals surface area contributed by atoms with Crippen LogP contribution in [0.25, 0.3) is 0 Å². The van der Waals surface area contributed by atoms with Gasteiger partial charge in [0.05, 0.1) is 6.20 Å². The van der Waals surface area contributed by atoms with Crippen molar-refractivity contribution >= 4 is 29.9 Å². The highest BCUT2D eigenvalue weighted by molar-refractivity contribution is 14.0. The van der Waals surface area contributed by atoms with E-state index >= 15 is 0 Å². The van der Waals surface area contributed by atoms with Gasteiger partial charge in [0, 0.05) is 25.0 Å². The average Bonchev–Trinajstić information content (AvgIpc) is 3.01. The van der Waals surface area contributed by atoms with Crippen molar-refractivity contribution in [3.05, 3.63) is 17.8 Å². The van der Waals surface area contributed by atoms with Crippen molar-refractivity contribution in [3.63, 3.8) is 0 Å². The largest absolute Gasteiger partial charge is 0.443 e. The van der Waals surface area contributed by atoms with E-state index < -0.39 is 0 Å². The second kappa shape index (κ2) is 12.5. The number of hydrogen-bond acceptors (Lipinski definition) is 4. The smallest absolute Gasteiger partial charge is 0.216 e. The predicted octanol–water partition coefficient (Wildman–Crippen LogP) is 3.38. The summed E-state index contributed by atoms with van der Waals surface area (Å²) < 4.78 is 5.79. The van der Waals surface area contributed by atoms with Crippen LogP contribution < -0.4 is 10.6 Å². The molecule has 0 saturated carbocycles. The summed E-state index contributed by atoms with van der Waals surface area (Å²) in [6.07, 6.45) is 2.98. The molecule has 1 rings (SSSR count). The van der Waals surface area contributed by atoms with Gasteiger partial charge in [-0.2, -0.15) is 0 Å². The fourth-order valence-electron chi connectivity index (χ4n) is 2.30. The maximum atomic E-state index is 5.79. The first kappa shape index (κ1) is 24.2. The minimum atomic E-state index is -0.0272. The molecule has 1 heterocycles. The van der Waals surface area contributed by atoms with Crippen molar-refractivity contribution in [1.29, 1.82) is 0 Å². The number of likely N-dealkylation sites (N-methyl/N-ethyl adjacent to an activating group) is 1. The first-order valence-electron chi connectivity index (χ1n) is 9.10. The fourth-order valence-corrected chi connectivity index (χ4v) is 2.30. The molecule has 7 heteroatoms. The number of nitrogens with one attached hydrogen (secondary N) is 2. The quantitative estimate of drug-likeness (QED) is 0.333. The summed E-state index contributed by atoms with van der Waals surface area (Å²) in [5.41, 5.74) is -0.0272. The average molecular weight is 465 g/mol. The second-order valence-electron chi connectivity index (χ2n) is 6.92. The summed E-state index contributed by atoms with van der Waals surface area (Å²) in [6, 6.07) is 0. The number of aliphatic imine (C=N–C) groups is 1. The highest BCUT2D eigenvalue weighted by Gasteiger charge is 2.19. The summed E-state index contributed by atoms with van der Waals surface area (Å²) in [6.45, 7) is 18.2. The molecule has 2 N–H and O–H groups in total. The molecule has 0 aliphatic carbocycles. The van der Waals surface area contributed by atoms with E-state index in [0.29, 0.717) is 12.4 Å². The zero-order valence-electron chi connectivity index (χ0n) is 16.7. The van der Waals surface area contributed by atoms with Gasteiger partial charge in [0.1, 0.15) is 12.3 Å². The topological polar surface area (TPSA) is 65.7 Å². The van der Waals surface area contributed by atoms with E-state index in [4.69, 9.17) is 4.42 Å². The van der Waals surface area contributed by atoms with Crippen molar-refractivity contribution in [2.75, 3.05) is 32.7 Å². The number of halogens is 1. The summed E-state index contributed by atoms with van der Waals surface area (Å²) in [7, 11) is 0. The molecule has 1 aromatic heterocycles. The minimum Gasteiger partial charge on any atom is -0.443 e. The maximum absolute atomic E-state index is 5.79. The number of guanidine groups is 1. The van der Waals surface area contributed by atoms with E-state index in [-0.39, 0.29) is 29.4 Å². The molecular weight excluding hydrogens is 429 g/mol. The van der Waals surface area contributed by atoms with E-state index in [1.165, 1.54) is 6.42 Å². The van der Waals surface area contributed by atoms with Gasteiger partial charge in [-0.05, 0) is 26.4 Å². The molecule has 6 nitrogen and oxygen atoms in total. The Labute approximate surface area is 170 Å². The van der Waals surface area contributed by atoms with Gasteiger partial charge < -0.3 is 20.0 Å². The van der Waals surface area contributed by atoms with Crippen molar-refractivity contribution in [2.24, 2.45) is 4.99 Å². The van der Waals surface area contributed by atoms with Crippen LogP contribution in [0.15, 0.2) is 15.6 Å². The molecule has 0 atom stereocenters. The molecule has 0 amide bonds. The molecule has 0 unspecified atom stereocenters. The van der Waals surface area contributed by atoms with Gasteiger partial charge in [0.2, 0.25) is 5.89 Å². The Bertz CT molecular complexity index is 496. The van der Waals surface area contributed by atoms with Crippen LogP contribution in [0.5, 0.6) is 0 Å². The summed E-state index contributed by atoms with van der Waals surface area (Å²) in [4.78, 5) is 11.3. The van der Waals surface area contributed by atoms with Crippen LogP contribution in [-0.4, -0.2) is 48.6 Å². The van der Waals surface area contributed by atoms with Crippen LogP contribution >= 0.6 is 24.0 Å². The van der Waals surface area contributed by atoms with Crippen molar-refractivity contribution in [2.45, 2.75) is 59.9 Å². The van der Waals surface area contributed by atoms with E-state index in [9.17, 15) is 0 Å². The van der Waals surface area contributed by atoms with Gasteiger partial charge in [-0.15, -0.1) is 24.0 Å². The zero-order valence-corrected chi connectivity index (χ0v) is 19.0. The van der Waals surface area contributed by atoms with Gasteiger partial charge in [0.15, 0.2) is 5.96 Å². The van der Waals surface area contributed by atoms with Crippen LogP contribution in [-0.2, 0) is 12.0 Å². The van der Waals surface area contributed by atoms with Crippen LogP contribution in [0, 0.1) is 0 Å². The minimum absolute atomic E-state index is 0. The first-order chi connectivity index (χ1) is 11.4. The Morgan fingerprint density at radius 1 is 1.20 bits per heavy atom. The Morgan fingerprint density at radius 3 is 2.44 bits per heavy atom. The lowest BCUT2D eigenvalue weighted by molar-refractivity contribution is 0.293. The SMILES string of the molecule is CCCN(CC)CCNC(=NCc1ncc(C(C)(C)C)o1)NCC.I. The fraction of sp³-hybridized carbons (Fsp3) is 0.778. The summed E-state index contributed by atoms with van der Waals surface area (Å²) in [5.74, 6) is 2.35. The molecule has 0 fully saturated rings. The number of rotatable bonds is 9. The molecule has 146 valence electrons. The Kier molecular flexibility index (Phi) is 12.1. The highest BCUT2D eigenvalue weighted by Crippen LogP contribution is 2.22. The third-order valence-corrected chi connectivity index (χ3v) is 3.72. The lowest BCUT2D eigenvalue weighted by Crippen LogP contribution is -2.41. The van der Waals surface area contributed by atoms with Gasteiger partial charge in [-0.25, -0.2) is 9.98 Å². The molecule has 0 aromatic carbocycles. The normalized spacial score (nSPS) is 12.2. The standard InChI is InChI=1S/C18H35N5O.HI/c1-7-11-23(9-3)12-10-20-17(19-8-2)22-14-16-21-13-15(24-16)18(4,5)6;/h13H,7-12,14H2,1-6H3,(H2,19,20,22);1H. The molecule has 0 saturated heterocycles. The molecule has 0 aliphatic rings. The van der Waals surface area contributed by atoms with Gasteiger partial charge in [0.25, 0.3) is 0 Å². The van der Waals surface area contributed by atoms with Crippen molar-refractivity contribution in [1.82, 2.24) is 20.5 Å². The lowest BCUT2D eigenvalue weighted by Gasteiger charge is -2.20. The molecule has 0 bridgehead atoms. The van der Waals surface area contributed by atoms with Crippen LogP contribution in [0.4, 0.5) is 0 Å². The van der Waals surface area contributed by atoms with Gasteiger partial charge in [-0.3, -0.25) is 0 Å². The number of nitrogens with zero attached hydrogens (tertiary/aromatic N) is 3. The van der Waals surface area contributed by atoms with Crippen LogP contribution in [0.2, 0.25) is 0 Å². The summed E-state index contributed by atoms with van der Waals surface area (Å²) in [5, 5.41) is 6.64. The van der Waals surface area contributed by atoms with Crippen LogP contribution in [0.3, 0.4) is 0 Å². The van der Waals surface area contributed by atoms with Crippen molar-refractivity contribution in [3.8, 4) is 0 Å². The number of oxazole rings is 1. The lowest BCUT2D eigenvalue weighted by atomic mass is 9.94. The third kappa shape index (κ3) is 9.44. The molecule has 0 spiro atoms. The molecule has 0 radical (unpaired) electrons. The van der Waals surface area contributed by atoms with Gasteiger partial charge >= 0.3 is 0 Å². The van der Waals surface area contributed by atoms with Gasteiger partial charge in [-0.1, -0.05) is 34.6 Å². The third-order valence-electron chi connectivity index (χ3n) is 3.72. The Balaban J connectivity index is 0.00000576. The molecule has 25 heavy (non-hydrogen) atoms. The van der Waals surface area contributed by atoms with Crippen molar-refractivity contribution < 1.29 is 4.42 Å². The Morgan fingerprint density at radius 2 is 1.92 bits per heavy atom. The number of aromatic nitrogens is 1. The second-order valence-corrected chi connectivity index (χ2v) is 6.92. The maximum Gasteiger partial charge on any atom is 0.216 e. The molecule has 0 aliphatic heterocycles. The number of hydrogen-bond donors (Lipinski definition) is 2. The van der Waals surface area contributed by atoms with Crippen LogP contribution in [0.1, 0.15) is 59.6 Å². The summed E-state index contributed by atoms with van der Waals surface area (Å²) >= 11 is 0. The highest BCUT2D eigenvalue weighted by atomic mass is 127. The molecule has 1 aromatic rings. The zero-order chi connectivity index (χ0) is 18.0. The molecular formula is C18H36IN5O. The van der Waals surface area contributed by atoms with E-state index in [1.807, 2.05) is 0 Å². The van der Waals surface area contributed by atoms with E-state index in [0.717, 1.165) is 44.4 Å². The Hall–Kier alpha value is -0.830. The first-order valence-corrected chi connectivity index (χ1v) is 9.10. The van der Waals surface area contributed by atoms with E-state index in [2.05, 4.69) is 67.1 Å². The predicted molar refractivity (Wildman–Crippen MR) is 116 cm³/mol. The monoisotopic (exact) mass is 465 g/mol. The van der Waals surface area contributed by atoms with E-state index in [1.54, 1.807) is 6.20 Å².